The third kappa shape index (κ3) is 3.94. The van der Waals surface area contributed by atoms with E-state index in [1.807, 2.05) is 17.0 Å². The normalized spacial score (nSPS) is 18.1. The number of likely N-dealkylation sites (tertiary alicyclic amines) is 1. The molecule has 168 valence electrons. The molecule has 32 heavy (non-hydrogen) atoms. The van der Waals surface area contributed by atoms with E-state index in [-0.39, 0.29) is 12.5 Å². The van der Waals surface area contributed by atoms with E-state index in [9.17, 15) is 9.90 Å². The number of amides is 1. The first-order valence-electron chi connectivity index (χ1n) is 10.5. The number of carbonyl (C=O) groups is 1. The zero-order chi connectivity index (χ0) is 22.1. The summed E-state index contributed by atoms with van der Waals surface area (Å²) in [5.74, 6) is 1.77. The number of benzene rings is 1. The van der Waals surface area contributed by atoms with Gasteiger partial charge in [-0.2, -0.15) is 0 Å². The fourth-order valence-electron chi connectivity index (χ4n) is 3.89. The molecule has 3 aliphatic rings. The lowest BCUT2D eigenvalue weighted by atomic mass is 10.1. The van der Waals surface area contributed by atoms with Gasteiger partial charge in [0.25, 0.3) is 5.91 Å². The smallest absolute Gasteiger partial charge is 0.269 e. The van der Waals surface area contributed by atoms with Crippen molar-refractivity contribution in [3.63, 3.8) is 0 Å². The first-order valence-corrected chi connectivity index (χ1v) is 11.4. The van der Waals surface area contributed by atoms with Gasteiger partial charge in [0.15, 0.2) is 11.5 Å². The van der Waals surface area contributed by atoms with Crippen molar-refractivity contribution in [1.82, 2.24) is 20.1 Å². The highest BCUT2D eigenvalue weighted by Gasteiger charge is 2.33. The average Bonchev–Trinajstić information content (AvgIpc) is 3.47. The van der Waals surface area contributed by atoms with Crippen LogP contribution in [0, 0.1) is 0 Å². The van der Waals surface area contributed by atoms with Gasteiger partial charge in [-0.05, 0) is 31.6 Å². The van der Waals surface area contributed by atoms with Gasteiger partial charge in [-0.3, -0.25) is 25.0 Å². The van der Waals surface area contributed by atoms with Gasteiger partial charge in [-0.25, -0.2) is 4.99 Å². The quantitative estimate of drug-likeness (QED) is 0.641. The number of guanidine groups is 1. The van der Waals surface area contributed by atoms with Crippen molar-refractivity contribution >= 4 is 34.7 Å². The summed E-state index contributed by atoms with van der Waals surface area (Å²) in [7, 11) is 1.55. The Morgan fingerprint density at radius 2 is 2.22 bits per heavy atom. The number of methoxy groups -OCH3 is 1. The van der Waals surface area contributed by atoms with E-state index in [1.165, 1.54) is 24.0 Å². The van der Waals surface area contributed by atoms with Gasteiger partial charge in [0.05, 0.1) is 25.4 Å². The molecule has 1 aromatic heterocycles. The molecule has 0 spiro atoms. The Labute approximate surface area is 189 Å². The molecule has 1 saturated heterocycles. The average molecular weight is 457 g/mol. The molecule has 1 amide bonds. The number of ether oxygens (including phenoxy) is 2. The molecule has 3 aliphatic heterocycles. The number of amidine groups is 1. The SMILES string of the molecule is COc1c(OC[C@@H](O)CN2CCC2)ccc2c1N=C(NC(=O)c1cncs1)N1CCN=C21. The monoisotopic (exact) mass is 456 g/mol. The van der Waals surface area contributed by atoms with Crippen molar-refractivity contribution in [3.05, 3.63) is 34.3 Å². The summed E-state index contributed by atoms with van der Waals surface area (Å²) < 4.78 is 11.5. The molecule has 4 heterocycles. The van der Waals surface area contributed by atoms with Crippen LogP contribution in [0.1, 0.15) is 21.7 Å². The Bertz CT molecular complexity index is 1070. The number of carbonyl (C=O) groups excluding carboxylic acids is 1. The number of nitrogens with one attached hydrogen (secondary N) is 1. The van der Waals surface area contributed by atoms with E-state index >= 15 is 0 Å². The Hall–Kier alpha value is -3.02. The van der Waals surface area contributed by atoms with Crippen LogP contribution in [0.25, 0.3) is 0 Å². The Morgan fingerprint density at radius 1 is 1.34 bits per heavy atom. The van der Waals surface area contributed by atoms with E-state index in [2.05, 4.69) is 20.2 Å². The lowest BCUT2D eigenvalue weighted by molar-refractivity contribution is 0.0460. The molecule has 5 rings (SSSR count). The summed E-state index contributed by atoms with van der Waals surface area (Å²) in [5, 5.41) is 13.2. The zero-order valence-electron chi connectivity index (χ0n) is 17.7. The molecule has 2 N–H and O–H groups in total. The minimum Gasteiger partial charge on any atom is -0.491 e. The maximum absolute atomic E-state index is 12.6. The van der Waals surface area contributed by atoms with Gasteiger partial charge < -0.3 is 19.5 Å². The predicted octanol–water partition coefficient (Wildman–Crippen LogP) is 1.09. The fourth-order valence-corrected chi connectivity index (χ4v) is 4.41. The highest BCUT2D eigenvalue weighted by atomic mass is 32.1. The zero-order valence-corrected chi connectivity index (χ0v) is 18.5. The topological polar surface area (TPSA) is 112 Å². The summed E-state index contributed by atoms with van der Waals surface area (Å²) in [4.78, 5) is 30.5. The number of aliphatic hydroxyl groups excluding tert-OH is 1. The number of rotatable bonds is 7. The van der Waals surface area contributed by atoms with Crippen LogP contribution in [-0.2, 0) is 0 Å². The predicted molar refractivity (Wildman–Crippen MR) is 120 cm³/mol. The summed E-state index contributed by atoms with van der Waals surface area (Å²) in [6, 6.07) is 3.70. The number of aliphatic hydroxyl groups is 1. The summed E-state index contributed by atoms with van der Waals surface area (Å²) >= 11 is 1.26. The van der Waals surface area contributed by atoms with E-state index in [4.69, 9.17) is 14.5 Å². The highest BCUT2D eigenvalue weighted by Crippen LogP contribution is 2.43. The number of hydrogen-bond acceptors (Lipinski definition) is 10. The lowest BCUT2D eigenvalue weighted by Gasteiger charge is -2.32. The van der Waals surface area contributed by atoms with E-state index in [1.54, 1.807) is 12.6 Å². The molecule has 1 atom stereocenters. The van der Waals surface area contributed by atoms with Crippen molar-refractivity contribution in [1.29, 1.82) is 0 Å². The molecule has 0 aliphatic carbocycles. The van der Waals surface area contributed by atoms with Gasteiger partial charge in [0.2, 0.25) is 5.96 Å². The van der Waals surface area contributed by atoms with Crippen molar-refractivity contribution in [2.24, 2.45) is 9.98 Å². The van der Waals surface area contributed by atoms with Crippen LogP contribution in [0.2, 0.25) is 0 Å². The van der Waals surface area contributed by atoms with Crippen molar-refractivity contribution in [2.45, 2.75) is 12.5 Å². The Morgan fingerprint density at radius 3 is 2.94 bits per heavy atom. The molecule has 1 aromatic carbocycles. The third-order valence-corrected chi connectivity index (χ3v) is 6.36. The third-order valence-electron chi connectivity index (χ3n) is 5.58. The first kappa shape index (κ1) is 20.9. The van der Waals surface area contributed by atoms with Crippen molar-refractivity contribution in [3.8, 4) is 11.5 Å². The molecule has 10 nitrogen and oxygen atoms in total. The number of nitrogens with zero attached hydrogens (tertiary/aromatic N) is 5. The van der Waals surface area contributed by atoms with Crippen LogP contribution < -0.4 is 14.8 Å². The number of β-amino-alcohol motifs (C(OH)–C–C–N with tert-alkyl or cyclic N) is 1. The van der Waals surface area contributed by atoms with E-state index in [0.29, 0.717) is 47.7 Å². The first-order chi connectivity index (χ1) is 15.6. The number of aliphatic imine (C=N–C) groups is 2. The standard InChI is InChI=1S/C21H24N6O4S/c1-30-18-15(31-11-13(28)10-26-6-2-7-26)4-3-14-17(18)24-21(27-8-5-23-19(14)27)25-20(29)16-9-22-12-32-16/h3-4,9,12-13,28H,2,5-8,10-11H2,1H3,(H,24,25,29)/t13-/m0/s1. The number of thiazole rings is 1. The molecule has 0 bridgehead atoms. The molecule has 2 aromatic rings. The number of fused-ring (bicyclic) bond motifs is 3. The lowest BCUT2D eigenvalue weighted by Crippen LogP contribution is -2.47. The van der Waals surface area contributed by atoms with E-state index in [0.717, 1.165) is 24.5 Å². The minimum absolute atomic E-state index is 0.150. The molecule has 1 fully saturated rings. The maximum Gasteiger partial charge on any atom is 0.269 e. The summed E-state index contributed by atoms with van der Waals surface area (Å²) in [6.07, 6.45) is 2.10. The molecule has 0 unspecified atom stereocenters. The second-order valence-electron chi connectivity index (χ2n) is 7.72. The van der Waals surface area contributed by atoms with Crippen LogP contribution in [-0.4, -0.2) is 90.1 Å². The van der Waals surface area contributed by atoms with Crippen LogP contribution in [0.5, 0.6) is 11.5 Å². The van der Waals surface area contributed by atoms with Gasteiger partial charge in [0, 0.05) is 18.7 Å². The van der Waals surface area contributed by atoms with Gasteiger partial charge in [-0.1, -0.05) is 0 Å². The van der Waals surface area contributed by atoms with Gasteiger partial charge in [-0.15, -0.1) is 11.3 Å². The Kier molecular flexibility index (Phi) is 5.77. The van der Waals surface area contributed by atoms with Crippen LogP contribution in [0.15, 0.2) is 33.8 Å². The van der Waals surface area contributed by atoms with Gasteiger partial charge in [0.1, 0.15) is 29.1 Å². The van der Waals surface area contributed by atoms with Crippen molar-refractivity contribution < 1.29 is 19.4 Å². The molecule has 11 heteroatoms. The van der Waals surface area contributed by atoms with Crippen LogP contribution >= 0.6 is 11.3 Å². The van der Waals surface area contributed by atoms with Crippen LogP contribution in [0.4, 0.5) is 5.69 Å². The fraction of sp³-hybridized carbons (Fsp3) is 0.429. The minimum atomic E-state index is -0.594. The maximum atomic E-state index is 12.6. The number of hydrogen-bond donors (Lipinski definition) is 2. The summed E-state index contributed by atoms with van der Waals surface area (Å²) in [5.41, 5.74) is 2.96. The number of aromatic nitrogens is 1. The summed E-state index contributed by atoms with van der Waals surface area (Å²) in [6.45, 7) is 4.00. The van der Waals surface area contributed by atoms with E-state index < -0.39 is 6.10 Å². The second kappa shape index (κ2) is 8.85. The second-order valence-corrected chi connectivity index (χ2v) is 8.61. The molecule has 0 radical (unpaired) electrons. The molecular formula is C21H24N6O4S. The molecular weight excluding hydrogens is 432 g/mol. The Balaban J connectivity index is 1.41. The highest BCUT2D eigenvalue weighted by molar-refractivity contribution is 7.11. The van der Waals surface area contributed by atoms with Gasteiger partial charge >= 0.3 is 0 Å². The molecule has 0 saturated carbocycles. The van der Waals surface area contributed by atoms with Crippen LogP contribution in [0.3, 0.4) is 0 Å². The van der Waals surface area contributed by atoms with Crippen molar-refractivity contribution in [2.75, 3.05) is 46.4 Å². The largest absolute Gasteiger partial charge is 0.491 e.